The van der Waals surface area contributed by atoms with Gasteiger partial charge in [-0.3, -0.25) is 9.59 Å². The van der Waals surface area contributed by atoms with Crippen LogP contribution in [0, 0.1) is 21.7 Å². The molecule has 0 aromatic carbocycles. The van der Waals surface area contributed by atoms with Crippen LogP contribution in [0.4, 0.5) is 0 Å². The van der Waals surface area contributed by atoms with Crippen LogP contribution in [0.1, 0.15) is 214 Å². The smallest absolute Gasteiger partial charge is 0.192 e. The van der Waals surface area contributed by atoms with Gasteiger partial charge in [0.05, 0.1) is 0 Å². The second-order valence-electron chi connectivity index (χ2n) is 21.8. The molecule has 4 saturated carbocycles. The summed E-state index contributed by atoms with van der Waals surface area (Å²) in [6.07, 6.45) is 11.4. The average Bonchev–Trinajstić information content (AvgIpc) is 2.92. The van der Waals surface area contributed by atoms with E-state index in [1.165, 1.54) is 0 Å². The molecule has 0 bridgehead atoms. The normalized spacial score (nSPS) is 30.3. The van der Waals surface area contributed by atoms with Crippen molar-refractivity contribution in [3.8, 4) is 0 Å². The van der Waals surface area contributed by atoms with E-state index < -0.39 is 23.8 Å². The monoisotopic (exact) mass is 745 g/mol. The van der Waals surface area contributed by atoms with E-state index >= 15 is 0 Å². The summed E-state index contributed by atoms with van der Waals surface area (Å²) in [7, 11) is 0. The molecule has 0 spiro atoms. The Labute approximate surface area is 321 Å². The Kier molecular flexibility index (Phi) is 24.4. The lowest BCUT2D eigenvalue weighted by atomic mass is 9.84. The van der Waals surface area contributed by atoms with Gasteiger partial charge in [-0.2, -0.15) is 0 Å². The van der Waals surface area contributed by atoms with Crippen LogP contribution < -0.4 is 0 Å². The number of fused-ring (bicyclic) bond motifs is 2. The van der Waals surface area contributed by atoms with Crippen LogP contribution in [0.3, 0.4) is 0 Å². The summed E-state index contributed by atoms with van der Waals surface area (Å²) in [5.41, 5.74) is 2.00. The molecule has 8 heteroatoms. The molecular formula is C44H88O8. The Morgan fingerprint density at radius 1 is 0.442 bits per heavy atom. The molecule has 0 aromatic rings. The fourth-order valence-corrected chi connectivity index (χ4v) is 5.18. The molecule has 8 nitrogen and oxygen atoms in total. The van der Waals surface area contributed by atoms with E-state index in [0.717, 1.165) is 64.2 Å². The van der Waals surface area contributed by atoms with Gasteiger partial charge in [0, 0.05) is 25.7 Å². The van der Waals surface area contributed by atoms with E-state index in [4.69, 9.17) is 19.7 Å². The summed E-state index contributed by atoms with van der Waals surface area (Å²) in [6.45, 7) is 35.0. The summed E-state index contributed by atoms with van der Waals surface area (Å²) < 4.78 is 11.5. The van der Waals surface area contributed by atoms with Gasteiger partial charge in [-0.1, -0.05) is 124 Å². The lowest BCUT2D eigenvalue weighted by Gasteiger charge is -2.54. The molecule has 52 heavy (non-hydrogen) atoms. The molecule has 0 amide bonds. The van der Waals surface area contributed by atoms with Crippen LogP contribution in [0.5, 0.6) is 0 Å². The van der Waals surface area contributed by atoms with E-state index in [1.54, 1.807) is 0 Å². The van der Waals surface area contributed by atoms with Gasteiger partial charge in [-0.15, -0.1) is 0 Å². The summed E-state index contributed by atoms with van der Waals surface area (Å²) in [5.74, 6) is -2.24. The quantitative estimate of drug-likeness (QED) is 0.193. The summed E-state index contributed by atoms with van der Waals surface area (Å²) in [5, 5.41) is 38.4. The number of carbonyl (C=O) groups excluding carboxylic acids is 2. The Bertz CT molecular complexity index is 841. The Morgan fingerprint density at radius 2 is 0.673 bits per heavy atom. The van der Waals surface area contributed by atoms with Crippen LogP contribution in [0.2, 0.25) is 0 Å². The first-order chi connectivity index (χ1) is 23.2. The summed E-state index contributed by atoms with van der Waals surface area (Å²) >= 11 is 0. The van der Waals surface area contributed by atoms with E-state index in [0.29, 0.717) is 60.2 Å². The number of hydrogen-bond donors (Lipinski definition) is 4. The third-order valence-electron chi connectivity index (χ3n) is 7.25. The van der Waals surface area contributed by atoms with Crippen molar-refractivity contribution in [2.45, 2.75) is 250 Å². The third kappa shape index (κ3) is 32.5. The van der Waals surface area contributed by atoms with Gasteiger partial charge in [0.15, 0.2) is 23.1 Å². The minimum Gasteiger partial charge on any atom is -0.385 e. The van der Waals surface area contributed by atoms with Crippen molar-refractivity contribution in [2.75, 3.05) is 0 Å². The first-order valence-electron chi connectivity index (χ1n) is 20.5. The number of carbonyl (C=O) groups is 2. The predicted molar refractivity (Wildman–Crippen MR) is 216 cm³/mol. The molecule has 1 saturated heterocycles. The van der Waals surface area contributed by atoms with E-state index in [-0.39, 0.29) is 23.8 Å². The van der Waals surface area contributed by atoms with Gasteiger partial charge in [-0.05, 0) is 85.9 Å². The molecular weight excluding hydrogens is 656 g/mol. The topological polar surface area (TPSA) is 134 Å². The van der Waals surface area contributed by atoms with Gasteiger partial charge >= 0.3 is 0 Å². The molecule has 4 N–H and O–H groups in total. The highest BCUT2D eigenvalue weighted by molar-refractivity contribution is 5.83. The minimum absolute atomic E-state index is 0.0243. The molecule has 4 aliphatic carbocycles. The zero-order chi connectivity index (χ0) is 41.2. The standard InChI is InChI=1S/C12H20O4.2C6H10O2.4C5H12/c13-11-7-3-1-5-9(11)15-12(14)8-4-2-6-10(12)16-11;2*7-5-3-1-2-4-6(5)8;4*1-5(2,3)4/h9-10,13-14H,1-8H2;2*5,7H,1-4H2;4*1-4H3. The van der Waals surface area contributed by atoms with Crippen LogP contribution in [-0.2, 0) is 19.1 Å². The molecule has 5 fully saturated rings. The molecule has 1 heterocycles. The van der Waals surface area contributed by atoms with Crippen molar-refractivity contribution >= 4 is 11.6 Å². The molecule has 312 valence electrons. The van der Waals surface area contributed by atoms with Crippen LogP contribution in [0.25, 0.3) is 0 Å². The fourth-order valence-electron chi connectivity index (χ4n) is 5.18. The zero-order valence-electron chi connectivity index (χ0n) is 37.0. The predicted octanol–water partition coefficient (Wildman–Crippen LogP) is 10.5. The van der Waals surface area contributed by atoms with Crippen molar-refractivity contribution in [1.29, 1.82) is 0 Å². The second kappa shape index (κ2) is 23.9. The zero-order valence-corrected chi connectivity index (χ0v) is 37.0. The van der Waals surface area contributed by atoms with E-state index in [2.05, 4.69) is 111 Å². The number of ketones is 2. The van der Waals surface area contributed by atoms with Gasteiger partial charge in [0.25, 0.3) is 0 Å². The lowest BCUT2D eigenvalue weighted by Crippen LogP contribution is -2.65. The maximum Gasteiger partial charge on any atom is 0.192 e. The molecule has 6 atom stereocenters. The fraction of sp³-hybridized carbons (Fsp3) is 0.955. The van der Waals surface area contributed by atoms with Gasteiger partial charge < -0.3 is 29.9 Å². The highest BCUT2D eigenvalue weighted by Gasteiger charge is 2.56. The van der Waals surface area contributed by atoms with Crippen LogP contribution in [0.15, 0.2) is 0 Å². The third-order valence-corrected chi connectivity index (χ3v) is 7.25. The van der Waals surface area contributed by atoms with Crippen molar-refractivity contribution in [3.05, 3.63) is 0 Å². The first-order valence-corrected chi connectivity index (χ1v) is 20.5. The summed E-state index contributed by atoms with van der Waals surface area (Å²) in [6, 6.07) is 0. The lowest BCUT2D eigenvalue weighted by molar-refractivity contribution is -0.436. The number of Topliss-reactive ketones (excluding diaryl/α,β-unsaturated/α-hetero) is 2. The highest BCUT2D eigenvalue weighted by Crippen LogP contribution is 2.45. The number of hydrogen-bond acceptors (Lipinski definition) is 8. The number of ether oxygens (including phenoxy) is 2. The Balaban J connectivity index is 0. The highest BCUT2D eigenvalue weighted by atomic mass is 16.7. The van der Waals surface area contributed by atoms with Crippen molar-refractivity contribution in [3.63, 3.8) is 0 Å². The van der Waals surface area contributed by atoms with Crippen molar-refractivity contribution in [2.24, 2.45) is 21.7 Å². The van der Waals surface area contributed by atoms with Crippen LogP contribution in [-0.4, -0.2) is 68.0 Å². The van der Waals surface area contributed by atoms with Gasteiger partial charge in [0.2, 0.25) is 0 Å². The Morgan fingerprint density at radius 3 is 0.865 bits per heavy atom. The van der Waals surface area contributed by atoms with E-state index in [1.807, 2.05) is 0 Å². The molecule has 0 aromatic heterocycles. The number of aliphatic hydroxyl groups excluding tert-OH is 2. The maximum absolute atomic E-state index is 10.5. The van der Waals surface area contributed by atoms with Crippen molar-refractivity contribution in [1.82, 2.24) is 0 Å². The van der Waals surface area contributed by atoms with Crippen LogP contribution >= 0.6 is 0 Å². The molecule has 6 unspecified atom stereocenters. The van der Waals surface area contributed by atoms with Gasteiger partial charge in [-0.25, -0.2) is 0 Å². The minimum atomic E-state index is -1.15. The SMILES string of the molecule is CC(C)(C)C.CC(C)(C)C.CC(C)(C)C.CC(C)(C)C.O=C1CCCCC1O.O=C1CCCCC1O.OC12CCCCC1OC1(O)CCCCC1O2. The molecule has 5 aliphatic rings. The van der Waals surface area contributed by atoms with Gasteiger partial charge in [0.1, 0.15) is 24.4 Å². The molecule has 1 aliphatic heterocycles. The van der Waals surface area contributed by atoms with E-state index in [9.17, 15) is 19.8 Å². The number of rotatable bonds is 0. The first kappa shape index (κ1) is 53.2. The second-order valence-corrected chi connectivity index (χ2v) is 21.8. The maximum atomic E-state index is 10.5. The largest absolute Gasteiger partial charge is 0.385 e. The summed E-state index contributed by atoms with van der Waals surface area (Å²) in [4.78, 5) is 21.1. The average molecular weight is 745 g/mol. The Hall–Kier alpha value is -0.900. The number of aliphatic hydroxyl groups is 4. The van der Waals surface area contributed by atoms with Crippen molar-refractivity contribution < 1.29 is 39.5 Å². The molecule has 0 radical (unpaired) electrons. The molecule has 5 rings (SSSR count).